The van der Waals surface area contributed by atoms with Gasteiger partial charge >= 0.3 is 5.97 Å². The molecule has 0 heterocycles. The van der Waals surface area contributed by atoms with E-state index in [9.17, 15) is 14.9 Å². The van der Waals surface area contributed by atoms with E-state index in [2.05, 4.69) is 33.9 Å². The maximum absolute atomic E-state index is 11.8. The maximum Gasteiger partial charge on any atom is 0.303 e. The highest BCUT2D eigenvalue weighted by Gasteiger charge is 2.36. The highest BCUT2D eigenvalue weighted by Crippen LogP contribution is 2.37. The Kier molecular flexibility index (Phi) is 8.80. The van der Waals surface area contributed by atoms with Gasteiger partial charge in [-0.25, -0.2) is 0 Å². The summed E-state index contributed by atoms with van der Waals surface area (Å²) in [5, 5.41) is 11.8. The summed E-state index contributed by atoms with van der Waals surface area (Å²) in [6.07, 6.45) is -0.210. The van der Waals surface area contributed by atoms with E-state index in [0.29, 0.717) is 30.9 Å². The largest absolute Gasteiger partial charge is 0.493 e. The molecule has 0 radical (unpaired) electrons. The van der Waals surface area contributed by atoms with Gasteiger partial charge in [0.05, 0.1) is 17.1 Å². The molecule has 2 aromatic rings. The van der Waals surface area contributed by atoms with Gasteiger partial charge in [-0.1, -0.05) is 50.6 Å². The molecule has 33 heavy (non-hydrogen) atoms. The van der Waals surface area contributed by atoms with E-state index in [1.54, 1.807) is 24.3 Å². The zero-order chi connectivity index (χ0) is 24.8. The number of esters is 1. The number of ether oxygens (including phenoxy) is 2. The number of carbonyl (C=O) groups is 1. The van der Waals surface area contributed by atoms with Crippen LogP contribution in [0.15, 0.2) is 42.5 Å². The van der Waals surface area contributed by atoms with Crippen molar-refractivity contribution in [3.63, 3.8) is 0 Å². The lowest BCUT2D eigenvalue weighted by Gasteiger charge is -2.36. The number of nitrogens with zero attached hydrogens (tertiary/aromatic N) is 1. The molecule has 0 bridgehead atoms. The van der Waals surface area contributed by atoms with Gasteiger partial charge in [0, 0.05) is 26.0 Å². The Morgan fingerprint density at radius 3 is 2.27 bits per heavy atom. The minimum atomic E-state index is -1.81. The summed E-state index contributed by atoms with van der Waals surface area (Å²) in [5.41, 5.74) is 1.83. The molecule has 0 amide bonds. The van der Waals surface area contributed by atoms with Crippen LogP contribution in [0, 0.1) is 17.0 Å². The van der Waals surface area contributed by atoms with Crippen LogP contribution in [0.3, 0.4) is 0 Å². The Morgan fingerprint density at radius 2 is 1.73 bits per heavy atom. The maximum atomic E-state index is 11.8. The fraction of sp³-hybridized carbons (Fsp3) is 0.480. The lowest BCUT2D eigenvalue weighted by Crippen LogP contribution is -2.41. The van der Waals surface area contributed by atoms with Gasteiger partial charge in [-0.05, 0) is 42.8 Å². The second-order valence-corrected chi connectivity index (χ2v) is 14.5. The highest BCUT2D eigenvalue weighted by molar-refractivity contribution is 6.74. The molecular formula is C25H35NO6Si. The molecule has 0 aromatic heterocycles. The van der Waals surface area contributed by atoms with Gasteiger partial charge in [0.2, 0.25) is 0 Å². The lowest BCUT2D eigenvalue weighted by atomic mass is 9.98. The number of benzene rings is 2. The number of carbonyl (C=O) groups excluding carboxylic acids is 1. The van der Waals surface area contributed by atoms with Gasteiger partial charge in [0.15, 0.2) is 14.4 Å². The number of nitro groups is 1. The van der Waals surface area contributed by atoms with Crippen molar-refractivity contribution in [3.05, 3.63) is 69.3 Å². The molecule has 0 N–H and O–H groups in total. The van der Waals surface area contributed by atoms with Crippen LogP contribution in [0.5, 0.6) is 5.75 Å². The van der Waals surface area contributed by atoms with Crippen molar-refractivity contribution >= 4 is 20.0 Å². The average Bonchev–Trinajstić information content (AvgIpc) is 2.71. The first-order valence-electron chi connectivity index (χ1n) is 11.1. The fourth-order valence-corrected chi connectivity index (χ4v) is 4.10. The average molecular weight is 474 g/mol. The summed E-state index contributed by atoms with van der Waals surface area (Å²) >= 11 is 0. The number of rotatable bonds is 10. The molecule has 2 rings (SSSR count). The van der Waals surface area contributed by atoms with Crippen molar-refractivity contribution in [2.45, 2.75) is 65.3 Å². The SMILES string of the molecule is CC(=O)OC(c1ccc(C)cc1)c1cc(OCCCO[Si](C)(C)C(C)(C)C)ccc1[N+](=O)[O-]. The summed E-state index contributed by atoms with van der Waals surface area (Å²) in [4.78, 5) is 23.0. The van der Waals surface area contributed by atoms with Gasteiger partial charge in [-0.15, -0.1) is 0 Å². The minimum absolute atomic E-state index is 0.129. The molecule has 0 spiro atoms. The summed E-state index contributed by atoms with van der Waals surface area (Å²) in [5.74, 6) is -0.0452. The molecule has 7 nitrogen and oxygen atoms in total. The molecule has 180 valence electrons. The quantitative estimate of drug-likeness (QED) is 0.131. The normalized spacial score (nSPS) is 12.8. The van der Waals surface area contributed by atoms with E-state index in [4.69, 9.17) is 13.9 Å². The second kappa shape index (κ2) is 10.9. The predicted molar refractivity (Wildman–Crippen MR) is 131 cm³/mol. The number of hydrogen-bond donors (Lipinski definition) is 0. The lowest BCUT2D eigenvalue weighted by molar-refractivity contribution is -0.386. The first-order valence-corrected chi connectivity index (χ1v) is 14.0. The smallest absolute Gasteiger partial charge is 0.303 e. The molecule has 1 unspecified atom stereocenters. The number of nitro benzene ring substituents is 1. The van der Waals surface area contributed by atoms with Crippen LogP contribution in [0.4, 0.5) is 5.69 Å². The monoisotopic (exact) mass is 473 g/mol. The van der Waals surface area contributed by atoms with Crippen LogP contribution in [0.25, 0.3) is 0 Å². The molecule has 0 aliphatic heterocycles. The van der Waals surface area contributed by atoms with Crippen LogP contribution in [-0.4, -0.2) is 32.4 Å². The number of aryl methyl sites for hydroxylation is 1. The fourth-order valence-electron chi connectivity index (χ4n) is 3.01. The first-order chi connectivity index (χ1) is 15.3. The standard InChI is InChI=1S/C25H35NO6Si/c1-18-9-11-20(12-10-18)24(32-19(2)27)22-17-21(13-14-23(22)26(28)29)30-15-8-16-31-33(6,7)25(3,4)5/h9-14,17,24H,8,15-16H2,1-7H3. The zero-order valence-corrected chi connectivity index (χ0v) is 21.6. The predicted octanol–water partition coefficient (Wildman–Crippen LogP) is 6.35. The molecule has 2 aromatic carbocycles. The van der Waals surface area contributed by atoms with E-state index in [1.807, 2.05) is 19.1 Å². The molecule has 0 fully saturated rings. The van der Waals surface area contributed by atoms with E-state index < -0.39 is 25.3 Å². The van der Waals surface area contributed by atoms with Crippen LogP contribution >= 0.6 is 0 Å². The third-order valence-corrected chi connectivity index (χ3v) is 10.5. The summed E-state index contributed by atoms with van der Waals surface area (Å²) < 4.78 is 17.5. The Labute approximate surface area is 197 Å². The summed E-state index contributed by atoms with van der Waals surface area (Å²) in [7, 11) is -1.81. The van der Waals surface area contributed by atoms with Gasteiger partial charge in [-0.2, -0.15) is 0 Å². The highest BCUT2D eigenvalue weighted by atomic mass is 28.4. The Bertz CT molecular complexity index is 966. The topological polar surface area (TPSA) is 87.9 Å². The molecular weight excluding hydrogens is 438 g/mol. The van der Waals surface area contributed by atoms with Crippen molar-refractivity contribution in [2.75, 3.05) is 13.2 Å². The van der Waals surface area contributed by atoms with Crippen molar-refractivity contribution in [3.8, 4) is 5.75 Å². The molecule has 0 aliphatic carbocycles. The zero-order valence-electron chi connectivity index (χ0n) is 20.6. The Hall–Kier alpha value is -2.71. The minimum Gasteiger partial charge on any atom is -0.493 e. The van der Waals surface area contributed by atoms with E-state index >= 15 is 0 Å². The number of hydrogen-bond acceptors (Lipinski definition) is 6. The van der Waals surface area contributed by atoms with Crippen LogP contribution < -0.4 is 4.74 Å². The van der Waals surface area contributed by atoms with Crippen molar-refractivity contribution < 1.29 is 23.6 Å². The van der Waals surface area contributed by atoms with Crippen LogP contribution in [0.1, 0.15) is 56.9 Å². The molecule has 0 saturated carbocycles. The molecule has 1 atom stereocenters. The van der Waals surface area contributed by atoms with E-state index in [0.717, 1.165) is 5.56 Å². The van der Waals surface area contributed by atoms with Gasteiger partial charge < -0.3 is 13.9 Å². The van der Waals surface area contributed by atoms with Crippen molar-refractivity contribution in [1.29, 1.82) is 0 Å². The summed E-state index contributed by atoms with van der Waals surface area (Å²) in [6.45, 7) is 15.2. The van der Waals surface area contributed by atoms with E-state index in [1.165, 1.54) is 13.0 Å². The van der Waals surface area contributed by atoms with Crippen molar-refractivity contribution in [2.24, 2.45) is 0 Å². The molecule has 0 saturated heterocycles. The van der Waals surface area contributed by atoms with Crippen LogP contribution in [0.2, 0.25) is 18.1 Å². The molecule has 8 heteroatoms. The van der Waals surface area contributed by atoms with Crippen molar-refractivity contribution in [1.82, 2.24) is 0 Å². The van der Waals surface area contributed by atoms with Gasteiger partial charge in [0.25, 0.3) is 5.69 Å². The first kappa shape index (κ1) is 26.5. The van der Waals surface area contributed by atoms with Gasteiger partial charge in [-0.3, -0.25) is 14.9 Å². The van der Waals surface area contributed by atoms with E-state index in [-0.39, 0.29) is 16.3 Å². The summed E-state index contributed by atoms with van der Waals surface area (Å²) in [6, 6.07) is 11.9. The van der Waals surface area contributed by atoms with Gasteiger partial charge in [0.1, 0.15) is 5.75 Å². The third kappa shape index (κ3) is 7.40. The second-order valence-electron chi connectivity index (χ2n) is 9.69. The molecule has 0 aliphatic rings. The van der Waals surface area contributed by atoms with Crippen LogP contribution in [-0.2, 0) is 14.0 Å². The Morgan fingerprint density at radius 1 is 1.09 bits per heavy atom. The third-order valence-electron chi connectivity index (χ3n) is 5.97. The Balaban J connectivity index is 2.20.